The summed E-state index contributed by atoms with van der Waals surface area (Å²) < 4.78 is 1.55. The maximum absolute atomic E-state index is 12.2. The fourth-order valence-electron chi connectivity index (χ4n) is 2.47. The van der Waals surface area contributed by atoms with Gasteiger partial charge in [-0.25, -0.2) is 0 Å². The molecular weight excluding hydrogens is 376 g/mol. The van der Waals surface area contributed by atoms with Crippen LogP contribution in [0.2, 0.25) is 0 Å². The van der Waals surface area contributed by atoms with E-state index in [9.17, 15) is 9.59 Å². The van der Waals surface area contributed by atoms with Crippen molar-refractivity contribution in [3.63, 3.8) is 0 Å². The summed E-state index contributed by atoms with van der Waals surface area (Å²) in [5.74, 6) is -0.0913. The Labute approximate surface area is 166 Å². The van der Waals surface area contributed by atoms with Crippen molar-refractivity contribution in [2.45, 2.75) is 25.4 Å². The third-order valence-electron chi connectivity index (χ3n) is 3.85. The smallest absolute Gasteiger partial charge is 0.234 e. The number of tetrazole rings is 1. The van der Waals surface area contributed by atoms with Crippen LogP contribution in [0.25, 0.3) is 5.69 Å². The van der Waals surface area contributed by atoms with E-state index in [1.807, 2.05) is 24.3 Å². The summed E-state index contributed by atoms with van der Waals surface area (Å²) in [6.07, 6.45) is 0.957. The van der Waals surface area contributed by atoms with Crippen LogP contribution in [0.15, 0.2) is 53.7 Å². The zero-order valence-corrected chi connectivity index (χ0v) is 16.4. The molecule has 0 unspecified atom stereocenters. The second kappa shape index (κ2) is 9.14. The van der Waals surface area contributed by atoms with Gasteiger partial charge in [-0.2, -0.15) is 4.68 Å². The lowest BCUT2D eigenvalue weighted by Crippen LogP contribution is -2.14. The van der Waals surface area contributed by atoms with E-state index in [0.717, 1.165) is 17.8 Å². The van der Waals surface area contributed by atoms with Gasteiger partial charge >= 0.3 is 0 Å². The van der Waals surface area contributed by atoms with Crippen LogP contribution in [-0.4, -0.2) is 37.8 Å². The standard InChI is InChI=1S/C19H20N6O2S/c1-3-14-4-6-16(7-5-14)21-18(27)12-28-19-22-23-24-25(19)17-10-8-15(9-11-17)20-13(2)26/h4-11H,3,12H2,1-2H3,(H,20,26)(H,21,27). The molecule has 2 aromatic carbocycles. The average molecular weight is 396 g/mol. The highest BCUT2D eigenvalue weighted by Crippen LogP contribution is 2.20. The normalized spacial score (nSPS) is 10.5. The quantitative estimate of drug-likeness (QED) is 0.596. The van der Waals surface area contributed by atoms with Gasteiger partial charge in [-0.1, -0.05) is 30.8 Å². The molecule has 0 aliphatic rings. The zero-order valence-electron chi connectivity index (χ0n) is 15.5. The molecule has 0 spiro atoms. The molecule has 0 atom stereocenters. The van der Waals surface area contributed by atoms with Gasteiger partial charge in [0.1, 0.15) is 0 Å². The molecule has 0 aliphatic heterocycles. The SMILES string of the molecule is CCc1ccc(NC(=O)CSc2nnnn2-c2ccc(NC(C)=O)cc2)cc1. The van der Waals surface area contributed by atoms with E-state index in [0.29, 0.717) is 10.8 Å². The van der Waals surface area contributed by atoms with Crippen LogP contribution in [-0.2, 0) is 16.0 Å². The number of hydrogen-bond donors (Lipinski definition) is 2. The number of thioether (sulfide) groups is 1. The van der Waals surface area contributed by atoms with E-state index in [1.165, 1.54) is 24.2 Å². The van der Waals surface area contributed by atoms with Gasteiger partial charge in [0.15, 0.2) is 0 Å². The number of carbonyl (C=O) groups excluding carboxylic acids is 2. The molecule has 144 valence electrons. The molecule has 1 aromatic heterocycles. The van der Waals surface area contributed by atoms with Crippen LogP contribution in [0.4, 0.5) is 11.4 Å². The molecule has 0 bridgehead atoms. The monoisotopic (exact) mass is 396 g/mol. The van der Waals surface area contributed by atoms with Crippen molar-refractivity contribution in [3.05, 3.63) is 54.1 Å². The maximum Gasteiger partial charge on any atom is 0.234 e. The van der Waals surface area contributed by atoms with Crippen molar-refractivity contribution in [3.8, 4) is 5.69 Å². The minimum absolute atomic E-state index is 0.134. The van der Waals surface area contributed by atoms with Crippen LogP contribution < -0.4 is 10.6 Å². The third-order valence-corrected chi connectivity index (χ3v) is 4.77. The van der Waals surface area contributed by atoms with Crippen LogP contribution >= 0.6 is 11.8 Å². The Bertz CT molecular complexity index is 953. The molecule has 0 fully saturated rings. The van der Waals surface area contributed by atoms with Crippen molar-refractivity contribution in [1.29, 1.82) is 0 Å². The highest BCUT2D eigenvalue weighted by Gasteiger charge is 2.12. The molecule has 0 aliphatic carbocycles. The lowest BCUT2D eigenvalue weighted by atomic mass is 10.1. The Hall–Kier alpha value is -3.20. The number of aryl methyl sites for hydroxylation is 1. The average Bonchev–Trinajstić information content (AvgIpc) is 3.16. The molecule has 0 saturated carbocycles. The summed E-state index contributed by atoms with van der Waals surface area (Å²) in [5.41, 5.74) is 3.40. The van der Waals surface area contributed by atoms with E-state index in [-0.39, 0.29) is 17.6 Å². The number of anilines is 2. The van der Waals surface area contributed by atoms with Crippen LogP contribution in [0.3, 0.4) is 0 Å². The summed E-state index contributed by atoms with van der Waals surface area (Å²) in [7, 11) is 0. The van der Waals surface area contributed by atoms with Gasteiger partial charge in [0.05, 0.1) is 11.4 Å². The van der Waals surface area contributed by atoms with Gasteiger partial charge in [-0.3, -0.25) is 9.59 Å². The van der Waals surface area contributed by atoms with Gasteiger partial charge in [0, 0.05) is 18.3 Å². The molecule has 2 N–H and O–H groups in total. The van der Waals surface area contributed by atoms with E-state index in [2.05, 4.69) is 33.1 Å². The molecule has 9 heteroatoms. The number of amides is 2. The Morgan fingerprint density at radius 1 is 1.00 bits per heavy atom. The molecule has 2 amide bonds. The molecule has 0 saturated heterocycles. The highest BCUT2D eigenvalue weighted by molar-refractivity contribution is 7.99. The second-order valence-electron chi connectivity index (χ2n) is 5.99. The Balaban J connectivity index is 1.60. The topological polar surface area (TPSA) is 102 Å². The number of nitrogens with zero attached hydrogens (tertiary/aromatic N) is 4. The van der Waals surface area contributed by atoms with Crippen LogP contribution in [0, 0.1) is 0 Å². The maximum atomic E-state index is 12.2. The number of carbonyl (C=O) groups is 2. The lowest BCUT2D eigenvalue weighted by Gasteiger charge is -2.07. The zero-order chi connectivity index (χ0) is 19.9. The first-order valence-electron chi connectivity index (χ1n) is 8.73. The molecule has 1 heterocycles. The molecule has 0 radical (unpaired) electrons. The third kappa shape index (κ3) is 5.17. The first-order chi connectivity index (χ1) is 13.5. The summed E-state index contributed by atoms with van der Waals surface area (Å²) in [4.78, 5) is 23.3. The van der Waals surface area contributed by atoms with E-state index in [4.69, 9.17) is 0 Å². The molecular formula is C19H20N6O2S. The predicted octanol–water partition coefficient (Wildman–Crippen LogP) is 2.91. The molecule has 3 rings (SSSR count). The van der Waals surface area contributed by atoms with E-state index < -0.39 is 0 Å². The lowest BCUT2D eigenvalue weighted by molar-refractivity contribution is -0.114. The minimum atomic E-state index is -0.137. The Kier molecular flexibility index (Phi) is 6.38. The number of nitrogens with one attached hydrogen (secondary N) is 2. The molecule has 3 aromatic rings. The second-order valence-corrected chi connectivity index (χ2v) is 6.93. The van der Waals surface area contributed by atoms with Crippen molar-refractivity contribution in [1.82, 2.24) is 20.2 Å². The van der Waals surface area contributed by atoms with E-state index >= 15 is 0 Å². The van der Waals surface area contributed by atoms with Crippen molar-refractivity contribution in [2.75, 3.05) is 16.4 Å². The van der Waals surface area contributed by atoms with Crippen LogP contribution in [0.1, 0.15) is 19.4 Å². The number of benzene rings is 2. The van der Waals surface area contributed by atoms with Gasteiger partial charge < -0.3 is 10.6 Å². The summed E-state index contributed by atoms with van der Waals surface area (Å²) in [6, 6.07) is 14.9. The number of hydrogen-bond acceptors (Lipinski definition) is 6. The van der Waals surface area contributed by atoms with Gasteiger partial charge in [0.25, 0.3) is 0 Å². The summed E-state index contributed by atoms with van der Waals surface area (Å²) >= 11 is 1.24. The van der Waals surface area contributed by atoms with Crippen molar-refractivity contribution < 1.29 is 9.59 Å². The Morgan fingerprint density at radius 3 is 2.29 bits per heavy atom. The van der Waals surface area contributed by atoms with Crippen molar-refractivity contribution in [2.24, 2.45) is 0 Å². The first kappa shape index (κ1) is 19.6. The largest absolute Gasteiger partial charge is 0.326 e. The van der Waals surface area contributed by atoms with Gasteiger partial charge in [-0.05, 0) is 58.8 Å². The fourth-order valence-corrected chi connectivity index (χ4v) is 3.16. The number of aromatic nitrogens is 4. The molecule has 8 nitrogen and oxygen atoms in total. The minimum Gasteiger partial charge on any atom is -0.326 e. The van der Waals surface area contributed by atoms with Crippen molar-refractivity contribution >= 4 is 35.0 Å². The summed E-state index contributed by atoms with van der Waals surface area (Å²) in [5, 5.41) is 17.7. The van der Waals surface area contributed by atoms with Gasteiger partial charge in [-0.15, -0.1) is 5.10 Å². The highest BCUT2D eigenvalue weighted by atomic mass is 32.2. The molecule has 28 heavy (non-hydrogen) atoms. The first-order valence-corrected chi connectivity index (χ1v) is 9.71. The fraction of sp³-hybridized carbons (Fsp3) is 0.211. The Morgan fingerprint density at radius 2 is 1.64 bits per heavy atom. The summed E-state index contributed by atoms with van der Waals surface area (Å²) in [6.45, 7) is 3.54. The number of rotatable bonds is 7. The van der Waals surface area contributed by atoms with E-state index in [1.54, 1.807) is 28.9 Å². The predicted molar refractivity (Wildman–Crippen MR) is 109 cm³/mol. The van der Waals surface area contributed by atoms with Crippen LogP contribution in [0.5, 0.6) is 0 Å². The van der Waals surface area contributed by atoms with Gasteiger partial charge in [0.2, 0.25) is 17.0 Å².